The van der Waals surface area contributed by atoms with E-state index in [-0.39, 0.29) is 11.8 Å². The van der Waals surface area contributed by atoms with Crippen LogP contribution in [0.3, 0.4) is 0 Å². The molecule has 0 amide bonds. The van der Waals surface area contributed by atoms with Crippen LogP contribution in [0.15, 0.2) is 4.42 Å². The molecule has 0 unspecified atom stereocenters. The van der Waals surface area contributed by atoms with E-state index in [4.69, 9.17) is 16.0 Å². The number of aromatic nitrogens is 1. The summed E-state index contributed by atoms with van der Waals surface area (Å²) in [6, 6.07) is 0. The van der Waals surface area contributed by atoms with Crippen molar-refractivity contribution in [3.8, 4) is 0 Å². The minimum absolute atomic E-state index is 0.177. The monoisotopic (exact) mass is 203 g/mol. The average Bonchev–Trinajstić information content (AvgIpc) is 2.29. The minimum atomic E-state index is -1.07. The number of nitrogens with zero attached hydrogens (tertiary/aromatic N) is 1. The Kier molecular flexibility index (Phi) is 2.68. The van der Waals surface area contributed by atoms with Gasteiger partial charge in [0.05, 0.1) is 0 Å². The van der Waals surface area contributed by atoms with Crippen molar-refractivity contribution in [3.63, 3.8) is 0 Å². The van der Waals surface area contributed by atoms with Gasteiger partial charge in [-0.25, -0.2) is 0 Å². The van der Waals surface area contributed by atoms with Gasteiger partial charge in [0.2, 0.25) is 5.89 Å². The molecule has 0 aliphatic heterocycles. The molecule has 74 valence electrons. The fourth-order valence-electron chi connectivity index (χ4n) is 0.931. The minimum Gasteiger partial charge on any atom is -0.441 e. The largest absolute Gasteiger partial charge is 0.441 e. The molecule has 0 aliphatic rings. The quantitative estimate of drug-likeness (QED) is 0.804. The lowest BCUT2D eigenvalue weighted by molar-refractivity contribution is 0.0469. The Morgan fingerprint density at radius 2 is 2.00 bits per heavy atom. The second kappa shape index (κ2) is 3.31. The first-order valence-electron chi connectivity index (χ1n) is 4.21. The van der Waals surface area contributed by atoms with Crippen molar-refractivity contribution < 1.29 is 9.52 Å². The average molecular weight is 204 g/mol. The molecule has 1 rings (SSSR count). The van der Waals surface area contributed by atoms with E-state index in [1.165, 1.54) is 0 Å². The Morgan fingerprint density at radius 3 is 2.23 bits per heavy atom. The van der Waals surface area contributed by atoms with E-state index in [0.717, 1.165) is 0 Å². The molecule has 1 aromatic rings. The molecular formula is C9H14ClNO2. The molecule has 0 bridgehead atoms. The van der Waals surface area contributed by atoms with Gasteiger partial charge >= 0.3 is 0 Å². The zero-order valence-corrected chi connectivity index (χ0v) is 9.01. The van der Waals surface area contributed by atoms with Crippen LogP contribution in [0.2, 0.25) is 5.15 Å². The van der Waals surface area contributed by atoms with E-state index in [1.807, 2.05) is 13.8 Å². The maximum atomic E-state index is 9.59. The first-order chi connectivity index (χ1) is 5.82. The van der Waals surface area contributed by atoms with Gasteiger partial charge in [0, 0.05) is 5.92 Å². The third-order valence-corrected chi connectivity index (χ3v) is 1.93. The molecule has 0 saturated heterocycles. The van der Waals surface area contributed by atoms with Crippen LogP contribution >= 0.6 is 11.6 Å². The van der Waals surface area contributed by atoms with Crippen molar-refractivity contribution >= 4 is 11.6 Å². The molecule has 3 nitrogen and oxygen atoms in total. The second-order valence-electron chi connectivity index (χ2n) is 3.89. The Balaban J connectivity index is 3.10. The summed E-state index contributed by atoms with van der Waals surface area (Å²) in [4.78, 5) is 3.95. The molecule has 0 aliphatic carbocycles. The van der Waals surface area contributed by atoms with Crippen LogP contribution in [0.25, 0.3) is 0 Å². The normalized spacial score (nSPS) is 12.5. The van der Waals surface area contributed by atoms with Crippen molar-refractivity contribution in [3.05, 3.63) is 16.8 Å². The van der Waals surface area contributed by atoms with Gasteiger partial charge in [0.25, 0.3) is 0 Å². The number of oxazole rings is 1. The third-order valence-electron chi connectivity index (χ3n) is 1.66. The smallest absolute Gasteiger partial charge is 0.227 e. The van der Waals surface area contributed by atoms with Crippen molar-refractivity contribution in [2.24, 2.45) is 0 Å². The Bertz CT molecular complexity index is 299. The lowest BCUT2D eigenvalue weighted by Gasteiger charge is -2.11. The summed E-state index contributed by atoms with van der Waals surface area (Å²) in [5.41, 5.74) is -1.07. The van der Waals surface area contributed by atoms with Crippen molar-refractivity contribution in [1.29, 1.82) is 0 Å². The number of hydrogen-bond acceptors (Lipinski definition) is 3. The molecule has 13 heavy (non-hydrogen) atoms. The standard InChI is InChI=1S/C9H14ClNO2/c1-5(2)6-7(10)11-8(13-6)9(3,4)12/h5,12H,1-4H3. The molecule has 4 heteroatoms. The van der Waals surface area contributed by atoms with E-state index >= 15 is 0 Å². The summed E-state index contributed by atoms with van der Waals surface area (Å²) < 4.78 is 5.35. The van der Waals surface area contributed by atoms with Crippen molar-refractivity contribution in [2.75, 3.05) is 0 Å². The van der Waals surface area contributed by atoms with E-state index < -0.39 is 5.60 Å². The molecule has 1 aromatic heterocycles. The van der Waals surface area contributed by atoms with E-state index in [1.54, 1.807) is 13.8 Å². The van der Waals surface area contributed by atoms with Gasteiger partial charge in [-0.3, -0.25) is 0 Å². The first-order valence-corrected chi connectivity index (χ1v) is 4.59. The van der Waals surface area contributed by atoms with Gasteiger partial charge in [-0.15, -0.1) is 0 Å². The van der Waals surface area contributed by atoms with Gasteiger partial charge in [0.15, 0.2) is 5.15 Å². The van der Waals surface area contributed by atoms with Gasteiger partial charge < -0.3 is 9.52 Å². The van der Waals surface area contributed by atoms with Gasteiger partial charge in [0.1, 0.15) is 11.4 Å². The van der Waals surface area contributed by atoms with Crippen LogP contribution in [-0.2, 0) is 5.60 Å². The predicted octanol–water partition coefficient (Wildman–Crippen LogP) is 2.68. The summed E-state index contributed by atoms with van der Waals surface area (Å²) in [6.45, 7) is 7.14. The molecule has 0 aromatic carbocycles. The van der Waals surface area contributed by atoms with Crippen LogP contribution < -0.4 is 0 Å². The van der Waals surface area contributed by atoms with Crippen LogP contribution in [-0.4, -0.2) is 10.1 Å². The summed E-state index contributed by atoms with van der Waals surface area (Å²) in [7, 11) is 0. The molecule has 1 heterocycles. The number of hydrogen-bond donors (Lipinski definition) is 1. The zero-order valence-electron chi connectivity index (χ0n) is 8.26. The third kappa shape index (κ3) is 2.23. The highest BCUT2D eigenvalue weighted by atomic mass is 35.5. The van der Waals surface area contributed by atoms with Crippen molar-refractivity contribution in [2.45, 2.75) is 39.2 Å². The zero-order chi connectivity index (χ0) is 10.2. The number of rotatable bonds is 2. The van der Waals surface area contributed by atoms with Crippen molar-refractivity contribution in [1.82, 2.24) is 4.98 Å². The maximum absolute atomic E-state index is 9.59. The highest BCUT2D eigenvalue weighted by Gasteiger charge is 2.25. The summed E-state index contributed by atoms with van der Waals surface area (Å²) >= 11 is 5.83. The highest BCUT2D eigenvalue weighted by Crippen LogP contribution is 2.29. The molecule has 0 atom stereocenters. The molecule has 0 spiro atoms. The van der Waals surface area contributed by atoms with Crippen LogP contribution in [0.4, 0.5) is 0 Å². The number of halogens is 1. The Morgan fingerprint density at radius 1 is 1.46 bits per heavy atom. The first kappa shape index (κ1) is 10.5. The molecule has 0 fully saturated rings. The van der Waals surface area contributed by atoms with Crippen LogP contribution in [0.5, 0.6) is 0 Å². The lowest BCUT2D eigenvalue weighted by Crippen LogP contribution is -2.15. The molecule has 0 radical (unpaired) electrons. The fourth-order valence-corrected chi connectivity index (χ4v) is 1.26. The molecule has 1 N–H and O–H groups in total. The van der Waals surface area contributed by atoms with E-state index in [9.17, 15) is 5.11 Å². The Hall–Kier alpha value is -0.540. The number of aliphatic hydroxyl groups is 1. The topological polar surface area (TPSA) is 46.3 Å². The van der Waals surface area contributed by atoms with E-state index in [2.05, 4.69) is 4.98 Å². The van der Waals surface area contributed by atoms with Crippen LogP contribution in [0, 0.1) is 0 Å². The summed E-state index contributed by atoms with van der Waals surface area (Å²) in [5.74, 6) is 1.07. The summed E-state index contributed by atoms with van der Waals surface area (Å²) in [5, 5.41) is 9.93. The molecular weight excluding hydrogens is 190 g/mol. The van der Waals surface area contributed by atoms with Gasteiger partial charge in [-0.2, -0.15) is 4.98 Å². The van der Waals surface area contributed by atoms with Gasteiger partial charge in [-0.1, -0.05) is 25.4 Å². The lowest BCUT2D eigenvalue weighted by atomic mass is 10.1. The van der Waals surface area contributed by atoms with E-state index in [0.29, 0.717) is 10.9 Å². The van der Waals surface area contributed by atoms with Crippen LogP contribution in [0.1, 0.15) is 45.3 Å². The Labute approximate surface area is 82.7 Å². The predicted molar refractivity (Wildman–Crippen MR) is 50.8 cm³/mol. The molecule has 0 saturated carbocycles. The maximum Gasteiger partial charge on any atom is 0.227 e. The second-order valence-corrected chi connectivity index (χ2v) is 4.25. The summed E-state index contributed by atoms with van der Waals surface area (Å²) in [6.07, 6.45) is 0. The highest BCUT2D eigenvalue weighted by molar-refractivity contribution is 6.30. The fraction of sp³-hybridized carbons (Fsp3) is 0.667. The van der Waals surface area contributed by atoms with Gasteiger partial charge in [-0.05, 0) is 13.8 Å². The SMILES string of the molecule is CC(C)c1oc(C(C)(C)O)nc1Cl.